The van der Waals surface area contributed by atoms with Gasteiger partial charge in [0.05, 0.1) is 6.54 Å². The third-order valence-electron chi connectivity index (χ3n) is 2.56. The quantitative estimate of drug-likeness (QED) is 0.783. The highest BCUT2D eigenvalue weighted by Gasteiger charge is 2.14. The molecule has 0 bridgehead atoms. The number of carboxylic acid groups (broad SMARTS) is 1. The molecule has 1 aromatic heterocycles. The summed E-state index contributed by atoms with van der Waals surface area (Å²) < 4.78 is 1.48. The number of nitrogens with zero attached hydrogens (tertiary/aromatic N) is 1. The van der Waals surface area contributed by atoms with E-state index in [9.17, 15) is 4.79 Å². The van der Waals surface area contributed by atoms with Crippen molar-refractivity contribution < 1.29 is 9.90 Å². The molecule has 0 aliphatic rings. The van der Waals surface area contributed by atoms with Crippen LogP contribution in [0.5, 0.6) is 0 Å². The van der Waals surface area contributed by atoms with Crippen LogP contribution in [0.1, 0.15) is 4.88 Å². The van der Waals surface area contributed by atoms with E-state index in [0.29, 0.717) is 15.9 Å². The molecule has 0 spiro atoms. The number of thiophene rings is 1. The molecule has 2 aromatic rings. The number of aliphatic carboxylic acids is 1. The highest BCUT2D eigenvalue weighted by atomic mass is 79.9. The predicted octanol–water partition coefficient (Wildman–Crippen LogP) is 4.91. The molecule has 0 unspecified atom stereocenters. The summed E-state index contributed by atoms with van der Waals surface area (Å²) in [7, 11) is 0. The first kappa shape index (κ1) is 15.6. The number of carbonyl (C=O) groups is 1. The largest absolute Gasteiger partial charge is 0.480 e. The zero-order valence-corrected chi connectivity index (χ0v) is 14.1. The van der Waals surface area contributed by atoms with E-state index in [0.717, 1.165) is 15.0 Å². The molecule has 0 aliphatic heterocycles. The number of anilines is 1. The second-order valence-electron chi connectivity index (χ2n) is 4.06. The Morgan fingerprint density at radius 2 is 1.95 bits per heavy atom. The van der Waals surface area contributed by atoms with Gasteiger partial charge in [0.1, 0.15) is 10.9 Å². The average Bonchev–Trinajstić information content (AvgIpc) is 2.68. The van der Waals surface area contributed by atoms with Crippen molar-refractivity contribution in [1.29, 1.82) is 0 Å². The van der Waals surface area contributed by atoms with Gasteiger partial charge in [-0.1, -0.05) is 23.2 Å². The Hall–Kier alpha value is -0.750. The van der Waals surface area contributed by atoms with Gasteiger partial charge in [0, 0.05) is 20.1 Å². The fourth-order valence-electron chi connectivity index (χ4n) is 1.71. The molecule has 0 radical (unpaired) electrons. The topological polar surface area (TPSA) is 40.5 Å². The van der Waals surface area contributed by atoms with E-state index in [-0.39, 0.29) is 6.54 Å². The van der Waals surface area contributed by atoms with Crippen LogP contribution in [0.15, 0.2) is 34.8 Å². The first-order valence-electron chi connectivity index (χ1n) is 5.61. The molecular weight excluding hydrogens is 385 g/mol. The van der Waals surface area contributed by atoms with Crippen molar-refractivity contribution in [2.45, 2.75) is 6.54 Å². The molecule has 7 heteroatoms. The summed E-state index contributed by atoms with van der Waals surface area (Å²) >= 11 is 16.6. The summed E-state index contributed by atoms with van der Waals surface area (Å²) in [6.07, 6.45) is 0. The molecule has 106 valence electrons. The molecule has 1 heterocycles. The van der Waals surface area contributed by atoms with Crippen LogP contribution < -0.4 is 4.90 Å². The van der Waals surface area contributed by atoms with E-state index in [1.54, 1.807) is 29.2 Å². The Bertz CT molecular complexity index is 596. The first-order valence-corrected chi connectivity index (χ1v) is 7.98. The Balaban J connectivity index is 2.23. The van der Waals surface area contributed by atoms with Crippen LogP contribution in [0.4, 0.5) is 5.69 Å². The number of benzene rings is 1. The Morgan fingerprint density at radius 1 is 1.30 bits per heavy atom. The van der Waals surface area contributed by atoms with Gasteiger partial charge >= 0.3 is 5.97 Å². The number of hydrogen-bond acceptors (Lipinski definition) is 3. The van der Waals surface area contributed by atoms with E-state index in [4.69, 9.17) is 28.3 Å². The molecule has 1 aromatic carbocycles. The summed E-state index contributed by atoms with van der Waals surface area (Å²) in [5.41, 5.74) is 0.803. The van der Waals surface area contributed by atoms with E-state index in [1.807, 2.05) is 6.07 Å². The number of hydrogen-bond donors (Lipinski definition) is 1. The molecular formula is C13H10BrCl2NO2S. The van der Waals surface area contributed by atoms with Crippen molar-refractivity contribution in [2.75, 3.05) is 11.4 Å². The molecule has 0 atom stereocenters. The molecule has 3 nitrogen and oxygen atoms in total. The van der Waals surface area contributed by atoms with Crippen LogP contribution in [0.3, 0.4) is 0 Å². The molecule has 0 saturated heterocycles. The van der Waals surface area contributed by atoms with Crippen LogP contribution in [-0.2, 0) is 11.3 Å². The lowest BCUT2D eigenvalue weighted by Gasteiger charge is -2.22. The molecule has 1 N–H and O–H groups in total. The highest BCUT2D eigenvalue weighted by molar-refractivity contribution is 9.10. The lowest BCUT2D eigenvalue weighted by molar-refractivity contribution is -0.135. The minimum atomic E-state index is -0.887. The molecule has 2 rings (SSSR count). The van der Waals surface area contributed by atoms with Gasteiger partial charge in [0.2, 0.25) is 0 Å². The van der Waals surface area contributed by atoms with Gasteiger partial charge in [-0.15, -0.1) is 11.3 Å². The smallest absolute Gasteiger partial charge is 0.323 e. The van der Waals surface area contributed by atoms with Crippen LogP contribution in [-0.4, -0.2) is 17.6 Å². The van der Waals surface area contributed by atoms with Gasteiger partial charge in [-0.2, -0.15) is 0 Å². The summed E-state index contributed by atoms with van der Waals surface area (Å²) in [6, 6.07) is 8.98. The molecule has 0 aliphatic carbocycles. The van der Waals surface area contributed by atoms with E-state index in [1.165, 1.54) is 11.3 Å². The van der Waals surface area contributed by atoms with Crippen LogP contribution >= 0.6 is 50.5 Å². The van der Waals surface area contributed by atoms with Crippen LogP contribution in [0.25, 0.3) is 0 Å². The second kappa shape index (κ2) is 6.80. The normalized spacial score (nSPS) is 10.6. The zero-order valence-electron chi connectivity index (χ0n) is 10.1. The minimum absolute atomic E-state index is 0.0885. The maximum absolute atomic E-state index is 11.0. The predicted molar refractivity (Wildman–Crippen MR) is 87.2 cm³/mol. The molecule has 20 heavy (non-hydrogen) atoms. The standard InChI is InChI=1S/C13H10BrCl2NO2S/c14-11-5-10(20-13(11)16)6-17(7-12(18)19)9-3-1-8(15)2-4-9/h1-5H,6-7H2,(H,18,19). The van der Waals surface area contributed by atoms with Crippen molar-refractivity contribution in [3.05, 3.63) is 49.0 Å². The van der Waals surface area contributed by atoms with Crippen molar-refractivity contribution in [3.8, 4) is 0 Å². The fraction of sp³-hybridized carbons (Fsp3) is 0.154. The van der Waals surface area contributed by atoms with Crippen molar-refractivity contribution in [1.82, 2.24) is 0 Å². The second-order valence-corrected chi connectivity index (χ2v) is 7.09. The van der Waals surface area contributed by atoms with Crippen molar-refractivity contribution in [3.63, 3.8) is 0 Å². The Morgan fingerprint density at radius 3 is 2.45 bits per heavy atom. The molecule has 0 amide bonds. The maximum atomic E-state index is 11.0. The maximum Gasteiger partial charge on any atom is 0.323 e. The Kier molecular flexibility index (Phi) is 5.32. The third-order valence-corrected chi connectivity index (χ3v) is 5.27. The number of carboxylic acids is 1. The van der Waals surface area contributed by atoms with Gasteiger partial charge in [0.15, 0.2) is 0 Å². The van der Waals surface area contributed by atoms with Crippen LogP contribution in [0.2, 0.25) is 9.36 Å². The fourth-order valence-corrected chi connectivity index (χ4v) is 3.64. The zero-order chi connectivity index (χ0) is 14.7. The van der Waals surface area contributed by atoms with Gasteiger partial charge in [0.25, 0.3) is 0 Å². The summed E-state index contributed by atoms with van der Waals surface area (Å²) in [5, 5.41) is 9.65. The highest BCUT2D eigenvalue weighted by Crippen LogP contribution is 2.33. The lowest BCUT2D eigenvalue weighted by Crippen LogP contribution is -2.28. The summed E-state index contributed by atoms with van der Waals surface area (Å²) in [4.78, 5) is 13.8. The van der Waals surface area contributed by atoms with Crippen molar-refractivity contribution >= 4 is 62.1 Å². The summed E-state index contributed by atoms with van der Waals surface area (Å²) in [5.74, 6) is -0.887. The minimum Gasteiger partial charge on any atom is -0.480 e. The number of halogens is 3. The first-order chi connectivity index (χ1) is 9.45. The average molecular weight is 395 g/mol. The lowest BCUT2D eigenvalue weighted by atomic mass is 10.2. The Labute approximate surface area is 138 Å². The molecule has 0 saturated carbocycles. The van der Waals surface area contributed by atoms with Gasteiger partial charge in [-0.3, -0.25) is 4.79 Å². The molecule has 0 fully saturated rings. The SMILES string of the molecule is O=C(O)CN(Cc1cc(Br)c(Cl)s1)c1ccc(Cl)cc1. The van der Waals surface area contributed by atoms with Crippen LogP contribution in [0, 0.1) is 0 Å². The third kappa shape index (κ3) is 4.12. The van der Waals surface area contributed by atoms with Gasteiger partial charge in [-0.05, 0) is 46.3 Å². The monoisotopic (exact) mass is 393 g/mol. The van der Waals surface area contributed by atoms with E-state index < -0.39 is 5.97 Å². The van der Waals surface area contributed by atoms with E-state index in [2.05, 4.69) is 15.9 Å². The summed E-state index contributed by atoms with van der Waals surface area (Å²) in [6.45, 7) is 0.388. The van der Waals surface area contributed by atoms with E-state index >= 15 is 0 Å². The van der Waals surface area contributed by atoms with Gasteiger partial charge in [-0.25, -0.2) is 0 Å². The van der Waals surface area contributed by atoms with Crippen molar-refractivity contribution in [2.24, 2.45) is 0 Å². The van der Waals surface area contributed by atoms with Gasteiger partial charge < -0.3 is 10.0 Å². The number of rotatable bonds is 5.